The van der Waals surface area contributed by atoms with Crippen molar-refractivity contribution in [1.29, 1.82) is 0 Å². The molecule has 4 nitrogen and oxygen atoms in total. The van der Waals surface area contributed by atoms with Gasteiger partial charge in [0.1, 0.15) is 6.04 Å². The van der Waals surface area contributed by atoms with Gasteiger partial charge in [0.05, 0.1) is 6.61 Å². The summed E-state index contributed by atoms with van der Waals surface area (Å²) in [5.74, 6) is -0.273. The Balaban J connectivity index is 3.83. The number of carbonyl (C=O) groups excluding carboxylic acids is 1. The lowest BCUT2D eigenvalue weighted by Gasteiger charge is -2.15. The summed E-state index contributed by atoms with van der Waals surface area (Å²) in [6.45, 7) is 4.94. The van der Waals surface area contributed by atoms with E-state index in [2.05, 4.69) is 5.32 Å². The second kappa shape index (κ2) is 8.01. The molecule has 0 aliphatic rings. The Morgan fingerprint density at radius 1 is 1.54 bits per heavy atom. The van der Waals surface area contributed by atoms with Gasteiger partial charge in [0.2, 0.25) is 0 Å². The molecule has 0 spiro atoms. The normalized spacial score (nSPS) is 12.5. The molecule has 0 saturated carbocycles. The van der Waals surface area contributed by atoms with E-state index in [0.717, 1.165) is 13.0 Å². The fourth-order valence-electron chi connectivity index (χ4n) is 0.994. The van der Waals surface area contributed by atoms with Crippen molar-refractivity contribution in [1.82, 2.24) is 5.32 Å². The van der Waals surface area contributed by atoms with Crippen molar-refractivity contribution in [2.24, 2.45) is 0 Å². The minimum absolute atomic E-state index is 0.000194. The third-order valence-corrected chi connectivity index (χ3v) is 1.63. The summed E-state index contributed by atoms with van der Waals surface area (Å²) < 4.78 is 4.84. The zero-order valence-electron chi connectivity index (χ0n) is 8.38. The molecule has 0 radical (unpaired) electrons. The fraction of sp³-hybridized carbons (Fsp3) is 0.889. The van der Waals surface area contributed by atoms with Crippen LogP contribution < -0.4 is 5.32 Å². The predicted molar refractivity (Wildman–Crippen MR) is 50.4 cm³/mol. The van der Waals surface area contributed by atoms with Crippen LogP contribution in [0, 0.1) is 0 Å². The maximum absolute atomic E-state index is 11.2. The van der Waals surface area contributed by atoms with Crippen LogP contribution in [0.25, 0.3) is 0 Å². The average molecular weight is 189 g/mol. The van der Waals surface area contributed by atoms with Crippen molar-refractivity contribution in [2.45, 2.75) is 32.7 Å². The van der Waals surface area contributed by atoms with E-state index in [9.17, 15) is 4.79 Å². The van der Waals surface area contributed by atoms with Crippen LogP contribution in [0.2, 0.25) is 0 Å². The third kappa shape index (κ3) is 5.60. The minimum atomic E-state index is -0.357. The maximum Gasteiger partial charge on any atom is 0.323 e. The Hall–Kier alpha value is -0.610. The number of ether oxygens (including phenoxy) is 1. The predicted octanol–water partition coefficient (Wildman–Crippen LogP) is 0.300. The molecule has 2 N–H and O–H groups in total. The summed E-state index contributed by atoms with van der Waals surface area (Å²) in [4.78, 5) is 11.2. The van der Waals surface area contributed by atoms with Gasteiger partial charge in [0.25, 0.3) is 0 Å². The van der Waals surface area contributed by atoms with Gasteiger partial charge in [-0.15, -0.1) is 0 Å². The van der Waals surface area contributed by atoms with Crippen LogP contribution in [0.1, 0.15) is 26.7 Å². The molecule has 1 unspecified atom stereocenters. The largest absolute Gasteiger partial charge is 0.465 e. The van der Waals surface area contributed by atoms with Gasteiger partial charge in [-0.25, -0.2) is 0 Å². The summed E-state index contributed by atoms with van der Waals surface area (Å²) in [6, 6.07) is -0.357. The van der Waals surface area contributed by atoms with Gasteiger partial charge in [0.15, 0.2) is 0 Å². The molecule has 0 aromatic heterocycles. The Morgan fingerprint density at radius 2 is 2.23 bits per heavy atom. The van der Waals surface area contributed by atoms with Crippen LogP contribution in [-0.4, -0.2) is 36.9 Å². The molecule has 0 aromatic carbocycles. The first-order valence-corrected chi connectivity index (χ1v) is 4.77. The molecule has 0 aliphatic carbocycles. The lowest BCUT2D eigenvalue weighted by Crippen LogP contribution is -2.39. The first-order chi connectivity index (χ1) is 6.26. The molecule has 0 amide bonds. The van der Waals surface area contributed by atoms with Crippen molar-refractivity contribution >= 4 is 5.97 Å². The van der Waals surface area contributed by atoms with E-state index in [1.165, 1.54) is 0 Å². The zero-order valence-corrected chi connectivity index (χ0v) is 8.38. The van der Waals surface area contributed by atoms with Crippen LogP contribution in [0.4, 0.5) is 0 Å². The molecule has 0 aliphatic heterocycles. The Morgan fingerprint density at radius 3 is 2.69 bits per heavy atom. The highest BCUT2D eigenvalue weighted by atomic mass is 16.5. The molecule has 0 saturated heterocycles. The molecular formula is C9H19NO3. The second-order valence-corrected chi connectivity index (χ2v) is 2.77. The fourth-order valence-corrected chi connectivity index (χ4v) is 0.994. The lowest BCUT2D eigenvalue weighted by atomic mass is 10.2. The van der Waals surface area contributed by atoms with E-state index in [4.69, 9.17) is 9.84 Å². The first kappa shape index (κ1) is 12.4. The van der Waals surface area contributed by atoms with Gasteiger partial charge in [-0.1, -0.05) is 6.92 Å². The number of aliphatic hydroxyl groups excluding tert-OH is 1. The van der Waals surface area contributed by atoms with Gasteiger partial charge in [-0.05, 0) is 26.3 Å². The monoisotopic (exact) mass is 189 g/mol. The van der Waals surface area contributed by atoms with Gasteiger partial charge in [0, 0.05) is 6.61 Å². The Bertz CT molecular complexity index is 139. The molecule has 78 valence electrons. The SMILES string of the molecule is CCCNC(CCO)C(=O)OCC. The summed E-state index contributed by atoms with van der Waals surface area (Å²) in [7, 11) is 0. The maximum atomic E-state index is 11.2. The zero-order chi connectivity index (χ0) is 10.1. The van der Waals surface area contributed by atoms with Crippen molar-refractivity contribution in [3.63, 3.8) is 0 Å². The van der Waals surface area contributed by atoms with E-state index in [0.29, 0.717) is 13.0 Å². The average Bonchev–Trinajstić information content (AvgIpc) is 2.12. The first-order valence-electron chi connectivity index (χ1n) is 4.77. The number of aliphatic hydroxyl groups is 1. The minimum Gasteiger partial charge on any atom is -0.465 e. The van der Waals surface area contributed by atoms with E-state index in [1.807, 2.05) is 6.92 Å². The van der Waals surface area contributed by atoms with Crippen LogP contribution in [0.5, 0.6) is 0 Å². The Labute approximate surface area is 79.3 Å². The molecular weight excluding hydrogens is 170 g/mol. The number of rotatable bonds is 7. The van der Waals surface area contributed by atoms with Crippen molar-refractivity contribution in [2.75, 3.05) is 19.8 Å². The molecule has 0 heterocycles. The third-order valence-electron chi connectivity index (χ3n) is 1.63. The number of esters is 1. The van der Waals surface area contributed by atoms with E-state index < -0.39 is 0 Å². The van der Waals surface area contributed by atoms with Crippen LogP contribution in [0.15, 0.2) is 0 Å². The second-order valence-electron chi connectivity index (χ2n) is 2.77. The van der Waals surface area contributed by atoms with E-state index in [1.54, 1.807) is 6.92 Å². The van der Waals surface area contributed by atoms with E-state index >= 15 is 0 Å². The molecule has 4 heteroatoms. The molecule has 13 heavy (non-hydrogen) atoms. The van der Waals surface area contributed by atoms with E-state index in [-0.39, 0.29) is 18.6 Å². The van der Waals surface area contributed by atoms with Crippen molar-refractivity contribution < 1.29 is 14.6 Å². The van der Waals surface area contributed by atoms with Crippen LogP contribution >= 0.6 is 0 Å². The number of nitrogens with one attached hydrogen (secondary N) is 1. The standard InChI is InChI=1S/C9H19NO3/c1-3-6-10-8(5-7-11)9(12)13-4-2/h8,10-11H,3-7H2,1-2H3. The smallest absolute Gasteiger partial charge is 0.323 e. The molecule has 0 fully saturated rings. The molecule has 0 rings (SSSR count). The summed E-state index contributed by atoms with van der Waals surface area (Å²) in [5, 5.41) is 11.7. The highest BCUT2D eigenvalue weighted by Crippen LogP contribution is 1.95. The van der Waals surface area contributed by atoms with Gasteiger partial charge in [-0.2, -0.15) is 0 Å². The van der Waals surface area contributed by atoms with Gasteiger partial charge in [-0.3, -0.25) is 4.79 Å². The van der Waals surface area contributed by atoms with Crippen molar-refractivity contribution in [3.8, 4) is 0 Å². The molecule has 0 bridgehead atoms. The summed E-state index contributed by atoms with van der Waals surface area (Å²) >= 11 is 0. The molecule has 1 atom stereocenters. The Kier molecular flexibility index (Phi) is 7.63. The van der Waals surface area contributed by atoms with Gasteiger partial charge < -0.3 is 15.2 Å². The number of hydrogen-bond donors (Lipinski definition) is 2. The summed E-state index contributed by atoms with van der Waals surface area (Å²) in [6.07, 6.45) is 1.38. The quantitative estimate of drug-likeness (QED) is 0.565. The topological polar surface area (TPSA) is 58.6 Å². The highest BCUT2D eigenvalue weighted by molar-refractivity contribution is 5.75. The van der Waals surface area contributed by atoms with Gasteiger partial charge >= 0.3 is 5.97 Å². The highest BCUT2D eigenvalue weighted by Gasteiger charge is 2.17. The van der Waals surface area contributed by atoms with Crippen molar-refractivity contribution in [3.05, 3.63) is 0 Å². The number of hydrogen-bond acceptors (Lipinski definition) is 4. The lowest BCUT2D eigenvalue weighted by molar-refractivity contribution is -0.146. The number of carbonyl (C=O) groups is 1. The summed E-state index contributed by atoms with van der Waals surface area (Å²) in [5.41, 5.74) is 0. The van der Waals surface area contributed by atoms with Crippen LogP contribution in [0.3, 0.4) is 0 Å². The molecule has 0 aromatic rings. The van der Waals surface area contributed by atoms with Crippen LogP contribution in [-0.2, 0) is 9.53 Å².